The Morgan fingerprint density at radius 2 is 2.05 bits per heavy atom. The van der Waals surface area contributed by atoms with Crippen LogP contribution in [0.4, 0.5) is 5.69 Å². The molecule has 0 aliphatic carbocycles. The number of hydrogen-bond acceptors (Lipinski definition) is 4. The monoisotopic (exact) mass is 328 g/mol. The molecular weight excluding hydrogens is 312 g/mol. The zero-order chi connectivity index (χ0) is 16.3. The molecule has 0 aliphatic rings. The van der Waals surface area contributed by atoms with Gasteiger partial charge in [0, 0.05) is 17.5 Å². The first-order chi connectivity index (χ1) is 9.59. The van der Waals surface area contributed by atoms with E-state index in [9.17, 15) is 13.2 Å². The second-order valence-electron chi connectivity index (χ2n) is 4.94. The minimum absolute atomic E-state index is 0.189. The number of halogens is 1. The molecule has 5 nitrogen and oxygen atoms in total. The molecule has 7 heteroatoms. The normalized spacial score (nSPS) is 11.5. The van der Waals surface area contributed by atoms with Crippen molar-refractivity contribution < 1.29 is 13.2 Å². The van der Waals surface area contributed by atoms with Gasteiger partial charge in [0.05, 0.1) is 11.6 Å². The summed E-state index contributed by atoms with van der Waals surface area (Å²) in [6.07, 6.45) is 1.02. The van der Waals surface area contributed by atoms with Crippen LogP contribution in [0.3, 0.4) is 0 Å². The molecular formula is C14H17ClN2O3S. The maximum absolute atomic E-state index is 12.1. The Morgan fingerprint density at radius 3 is 2.57 bits per heavy atom. The number of anilines is 1. The summed E-state index contributed by atoms with van der Waals surface area (Å²) in [5.74, 6) is 4.82. The standard InChI is InChI=1S/C14H17ClN2O3S/c1-14(2,21(3,19)20)13(18)17-11-6-7-12(15)10(9-11)5-4-8-16/h6-7,9H,8,16H2,1-3H3,(H,17,18). The molecule has 1 aromatic rings. The molecule has 1 rings (SSSR count). The first-order valence-electron chi connectivity index (χ1n) is 6.09. The van der Waals surface area contributed by atoms with Crippen LogP contribution < -0.4 is 11.1 Å². The molecule has 0 atom stereocenters. The van der Waals surface area contributed by atoms with Gasteiger partial charge in [0.1, 0.15) is 4.75 Å². The summed E-state index contributed by atoms with van der Waals surface area (Å²) >= 11 is 5.98. The van der Waals surface area contributed by atoms with Gasteiger partial charge in [-0.2, -0.15) is 0 Å². The number of rotatable bonds is 3. The third-order valence-corrected chi connectivity index (χ3v) is 5.39. The molecule has 0 heterocycles. The zero-order valence-electron chi connectivity index (χ0n) is 12.0. The van der Waals surface area contributed by atoms with Gasteiger partial charge in [-0.15, -0.1) is 0 Å². The first-order valence-corrected chi connectivity index (χ1v) is 8.36. The number of carbonyl (C=O) groups is 1. The van der Waals surface area contributed by atoms with Crippen molar-refractivity contribution in [2.75, 3.05) is 18.1 Å². The van der Waals surface area contributed by atoms with Gasteiger partial charge in [0.2, 0.25) is 5.91 Å². The highest BCUT2D eigenvalue weighted by atomic mass is 35.5. The van der Waals surface area contributed by atoms with Gasteiger partial charge in [-0.05, 0) is 32.0 Å². The third-order valence-electron chi connectivity index (χ3n) is 3.02. The fraction of sp³-hybridized carbons (Fsp3) is 0.357. The molecule has 0 fully saturated rings. The van der Waals surface area contributed by atoms with E-state index in [2.05, 4.69) is 17.2 Å². The number of hydrogen-bond donors (Lipinski definition) is 2. The fourth-order valence-electron chi connectivity index (χ4n) is 1.30. The predicted octanol–water partition coefficient (Wildman–Crippen LogP) is 1.41. The number of amides is 1. The highest BCUT2D eigenvalue weighted by Crippen LogP contribution is 2.22. The summed E-state index contributed by atoms with van der Waals surface area (Å²) in [6.45, 7) is 2.89. The van der Waals surface area contributed by atoms with Gasteiger partial charge in [0.25, 0.3) is 0 Å². The van der Waals surface area contributed by atoms with E-state index in [1.165, 1.54) is 13.8 Å². The summed E-state index contributed by atoms with van der Waals surface area (Å²) in [5.41, 5.74) is 6.23. The molecule has 3 N–H and O–H groups in total. The van der Waals surface area contributed by atoms with Gasteiger partial charge >= 0.3 is 0 Å². The van der Waals surface area contributed by atoms with Crippen molar-refractivity contribution in [1.82, 2.24) is 0 Å². The molecule has 0 bridgehead atoms. The van der Waals surface area contributed by atoms with E-state index in [0.29, 0.717) is 16.3 Å². The average Bonchev–Trinajstić information content (AvgIpc) is 2.37. The molecule has 0 aliphatic heterocycles. The third kappa shape index (κ3) is 4.21. The van der Waals surface area contributed by atoms with Gasteiger partial charge in [0.15, 0.2) is 9.84 Å². The molecule has 0 saturated carbocycles. The number of nitrogens with two attached hydrogens (primary N) is 1. The zero-order valence-corrected chi connectivity index (χ0v) is 13.6. The molecule has 1 amide bonds. The van der Waals surface area contributed by atoms with Crippen molar-refractivity contribution in [3.8, 4) is 11.8 Å². The second-order valence-corrected chi connectivity index (χ2v) is 7.91. The lowest BCUT2D eigenvalue weighted by molar-refractivity contribution is -0.117. The van der Waals surface area contributed by atoms with Crippen molar-refractivity contribution in [3.63, 3.8) is 0 Å². The minimum atomic E-state index is -3.54. The van der Waals surface area contributed by atoms with Crippen LogP contribution in [0.25, 0.3) is 0 Å². The van der Waals surface area contributed by atoms with E-state index < -0.39 is 20.5 Å². The summed E-state index contributed by atoms with van der Waals surface area (Å²) in [6, 6.07) is 4.72. The Hall–Kier alpha value is -1.55. The van der Waals surface area contributed by atoms with E-state index in [1.807, 2.05) is 0 Å². The number of nitrogens with one attached hydrogen (secondary N) is 1. The lowest BCUT2D eigenvalue weighted by atomic mass is 10.1. The quantitative estimate of drug-likeness (QED) is 0.821. The average molecular weight is 329 g/mol. The molecule has 114 valence electrons. The molecule has 1 aromatic carbocycles. The molecule has 0 radical (unpaired) electrons. The summed E-state index contributed by atoms with van der Waals surface area (Å²) in [7, 11) is -3.54. The van der Waals surface area contributed by atoms with Crippen LogP contribution >= 0.6 is 11.6 Å². The largest absolute Gasteiger partial charge is 0.325 e. The van der Waals surface area contributed by atoms with E-state index in [-0.39, 0.29) is 6.54 Å². The SMILES string of the molecule is CC(C)(C(=O)Nc1ccc(Cl)c(C#CCN)c1)S(C)(=O)=O. The smallest absolute Gasteiger partial charge is 0.245 e. The van der Waals surface area contributed by atoms with Gasteiger partial charge in [-0.1, -0.05) is 23.4 Å². The van der Waals surface area contributed by atoms with Crippen LogP contribution in [0.15, 0.2) is 18.2 Å². The van der Waals surface area contributed by atoms with E-state index >= 15 is 0 Å². The van der Waals surface area contributed by atoms with E-state index in [1.54, 1.807) is 18.2 Å². The summed E-state index contributed by atoms with van der Waals surface area (Å²) in [4.78, 5) is 12.1. The molecule has 0 spiro atoms. The van der Waals surface area contributed by atoms with Crippen molar-refractivity contribution in [2.45, 2.75) is 18.6 Å². The maximum atomic E-state index is 12.1. The Bertz CT molecular complexity index is 715. The minimum Gasteiger partial charge on any atom is -0.325 e. The van der Waals surface area contributed by atoms with Crippen LogP contribution in [0.1, 0.15) is 19.4 Å². The number of benzene rings is 1. The van der Waals surface area contributed by atoms with Crippen LogP contribution in [0.5, 0.6) is 0 Å². The molecule has 0 aromatic heterocycles. The van der Waals surface area contributed by atoms with Crippen LogP contribution in [-0.2, 0) is 14.6 Å². The summed E-state index contributed by atoms with van der Waals surface area (Å²) < 4.78 is 21.7. The van der Waals surface area contributed by atoms with E-state index in [4.69, 9.17) is 17.3 Å². The van der Waals surface area contributed by atoms with Crippen molar-refractivity contribution in [3.05, 3.63) is 28.8 Å². The van der Waals surface area contributed by atoms with Gasteiger partial charge in [-0.3, -0.25) is 4.79 Å². The van der Waals surface area contributed by atoms with Gasteiger partial charge in [-0.25, -0.2) is 8.42 Å². The Kier molecular flexibility index (Phi) is 5.40. The second kappa shape index (κ2) is 6.48. The first kappa shape index (κ1) is 17.5. The lowest BCUT2D eigenvalue weighted by Gasteiger charge is -2.21. The van der Waals surface area contributed by atoms with E-state index in [0.717, 1.165) is 6.26 Å². The fourth-order valence-corrected chi connectivity index (χ4v) is 1.85. The molecule has 21 heavy (non-hydrogen) atoms. The van der Waals surface area contributed by atoms with Gasteiger partial charge < -0.3 is 11.1 Å². The molecule has 0 saturated heterocycles. The Balaban J connectivity index is 3.07. The Morgan fingerprint density at radius 1 is 1.43 bits per heavy atom. The van der Waals surface area contributed by atoms with Crippen molar-refractivity contribution >= 4 is 33.0 Å². The maximum Gasteiger partial charge on any atom is 0.245 e. The Labute approximate surface area is 129 Å². The topological polar surface area (TPSA) is 89.3 Å². The van der Waals surface area contributed by atoms with Crippen LogP contribution in [-0.4, -0.2) is 31.9 Å². The van der Waals surface area contributed by atoms with Crippen molar-refractivity contribution in [1.29, 1.82) is 0 Å². The molecule has 0 unspecified atom stereocenters. The number of sulfone groups is 1. The predicted molar refractivity (Wildman–Crippen MR) is 84.9 cm³/mol. The lowest BCUT2D eigenvalue weighted by Crippen LogP contribution is -2.43. The number of carbonyl (C=O) groups excluding carboxylic acids is 1. The van der Waals surface area contributed by atoms with Crippen molar-refractivity contribution in [2.24, 2.45) is 5.73 Å². The summed E-state index contributed by atoms with van der Waals surface area (Å²) in [5, 5.41) is 2.98. The van der Waals surface area contributed by atoms with Crippen LogP contribution in [0, 0.1) is 11.8 Å². The highest BCUT2D eigenvalue weighted by molar-refractivity contribution is 7.92. The van der Waals surface area contributed by atoms with Crippen LogP contribution in [0.2, 0.25) is 5.02 Å². The highest BCUT2D eigenvalue weighted by Gasteiger charge is 2.38.